The Kier molecular flexibility index (Phi) is 10.8. The average molecular weight is 670 g/mol. The number of nitrogens with zero attached hydrogens (tertiary/aromatic N) is 2. The van der Waals surface area contributed by atoms with Gasteiger partial charge in [0.25, 0.3) is 0 Å². The van der Waals surface area contributed by atoms with E-state index < -0.39 is 23.6 Å². The molecule has 0 atom stereocenters. The molecule has 0 fully saturated rings. The summed E-state index contributed by atoms with van der Waals surface area (Å²) in [5.74, 6) is -2.71. The third-order valence-corrected chi connectivity index (χ3v) is 4.49. The number of carbonyl (C=O) groups is 2. The normalized spacial score (nSPS) is 9.75. The molecule has 0 aliphatic heterocycles. The van der Waals surface area contributed by atoms with Gasteiger partial charge in [-0.15, -0.1) is 12.1 Å². The van der Waals surface area contributed by atoms with Crippen molar-refractivity contribution in [3.05, 3.63) is 114 Å². The van der Waals surface area contributed by atoms with E-state index in [9.17, 15) is 18.4 Å². The van der Waals surface area contributed by atoms with E-state index in [1.165, 1.54) is 19.4 Å². The first-order chi connectivity index (χ1) is 16.9. The van der Waals surface area contributed by atoms with Crippen LogP contribution in [0.4, 0.5) is 8.78 Å². The molecule has 0 bridgehead atoms. The monoisotopic (exact) mass is 670 g/mol. The van der Waals surface area contributed by atoms with Crippen LogP contribution in [-0.4, -0.2) is 34.1 Å². The van der Waals surface area contributed by atoms with Crippen molar-refractivity contribution in [1.29, 1.82) is 0 Å². The fourth-order valence-electron chi connectivity index (χ4n) is 2.89. The largest absolute Gasteiger partial charge is 0.486 e. The fraction of sp³-hybridized carbons (Fsp3) is 0.0769. The first-order valence-corrected chi connectivity index (χ1v) is 10.2. The Morgan fingerprint density at radius 3 is 2.44 bits per heavy atom. The van der Waals surface area contributed by atoms with Crippen LogP contribution in [0, 0.1) is 17.7 Å². The van der Waals surface area contributed by atoms with Crippen LogP contribution in [0.2, 0.25) is 0 Å². The minimum atomic E-state index is -1.16. The second-order valence-electron chi connectivity index (χ2n) is 6.89. The summed E-state index contributed by atoms with van der Waals surface area (Å²) in [6.45, 7) is 0.122. The molecule has 4 aromatic rings. The zero-order valence-corrected chi connectivity index (χ0v) is 21.2. The molecular weight excluding hydrogens is 651 g/mol. The Hall–Kier alpha value is -4.01. The third kappa shape index (κ3) is 7.76. The van der Waals surface area contributed by atoms with Gasteiger partial charge in [0.2, 0.25) is 0 Å². The molecule has 2 aromatic heterocycles. The number of benzene rings is 2. The molecule has 0 unspecified atom stereocenters. The second-order valence-corrected chi connectivity index (χ2v) is 6.89. The number of pyridine rings is 2. The van der Waals surface area contributed by atoms with E-state index in [1.54, 1.807) is 54.7 Å². The molecule has 187 valence electrons. The first kappa shape index (κ1) is 28.2. The van der Waals surface area contributed by atoms with Crippen LogP contribution in [0.25, 0.3) is 11.3 Å². The van der Waals surface area contributed by atoms with Crippen molar-refractivity contribution < 1.29 is 53.1 Å². The number of rotatable bonds is 6. The van der Waals surface area contributed by atoms with Crippen LogP contribution in [0.5, 0.6) is 5.75 Å². The number of aromatic nitrogens is 2. The van der Waals surface area contributed by atoms with Gasteiger partial charge in [-0.05, 0) is 41.6 Å². The Balaban J connectivity index is 0.000000265. The summed E-state index contributed by atoms with van der Waals surface area (Å²) in [5.41, 5.74) is 1.61. The fourth-order valence-corrected chi connectivity index (χ4v) is 2.89. The van der Waals surface area contributed by atoms with Crippen LogP contribution >= 0.6 is 0 Å². The number of carboxylic acids is 1. The number of halogens is 2. The zero-order valence-electron chi connectivity index (χ0n) is 18.8. The SMILES string of the molecule is COC(=O)c1cccc(COc2cccnc2C(=O)O)c1.Fc1c[c-]c(-c2ccccn2)c(F)c1.[Ir]. The summed E-state index contributed by atoms with van der Waals surface area (Å²) in [6, 6.07) is 19.4. The van der Waals surface area contributed by atoms with Gasteiger partial charge in [-0.1, -0.05) is 35.9 Å². The topological polar surface area (TPSA) is 98.6 Å². The number of hydrogen-bond acceptors (Lipinski definition) is 6. The van der Waals surface area contributed by atoms with Crippen LogP contribution in [0.15, 0.2) is 79.1 Å². The molecular formula is C26H19F2IrN2O5-. The Bertz CT molecular complexity index is 1320. The van der Waals surface area contributed by atoms with Crippen LogP contribution in [0.3, 0.4) is 0 Å². The van der Waals surface area contributed by atoms with Crippen molar-refractivity contribution in [2.75, 3.05) is 7.11 Å². The minimum Gasteiger partial charge on any atom is -0.486 e. The Labute approximate surface area is 219 Å². The number of carboxylic acid groups (broad SMARTS) is 1. The van der Waals surface area contributed by atoms with Gasteiger partial charge in [-0.2, -0.15) is 0 Å². The van der Waals surface area contributed by atoms with Crippen LogP contribution in [-0.2, 0) is 31.4 Å². The first-order valence-electron chi connectivity index (χ1n) is 10.2. The van der Waals surface area contributed by atoms with Crippen LogP contribution in [0.1, 0.15) is 26.4 Å². The number of ether oxygens (including phenoxy) is 2. The summed E-state index contributed by atoms with van der Waals surface area (Å²) in [5, 5.41) is 9.01. The van der Waals surface area contributed by atoms with Gasteiger partial charge >= 0.3 is 11.9 Å². The van der Waals surface area contributed by atoms with E-state index in [2.05, 4.69) is 20.8 Å². The van der Waals surface area contributed by atoms with Crippen molar-refractivity contribution in [3.8, 4) is 17.0 Å². The molecule has 4 rings (SSSR count). The molecule has 0 saturated heterocycles. The van der Waals surface area contributed by atoms with Crippen molar-refractivity contribution >= 4 is 11.9 Å². The predicted molar refractivity (Wildman–Crippen MR) is 122 cm³/mol. The van der Waals surface area contributed by atoms with Gasteiger partial charge in [0.05, 0.1) is 12.7 Å². The van der Waals surface area contributed by atoms with E-state index in [4.69, 9.17) is 9.84 Å². The molecule has 7 nitrogen and oxygen atoms in total. The standard InChI is InChI=1S/C15H13NO5.C11H6F2N.Ir/c1-20-15(19)11-5-2-4-10(8-11)9-21-12-6-3-7-16-13(12)14(17)18;12-8-4-5-9(10(13)7-8)11-3-1-2-6-14-11;/h2-8H,9H2,1H3,(H,17,18);1-4,6-7H;/q;-1;. The quantitative estimate of drug-likeness (QED) is 0.229. The van der Waals surface area contributed by atoms with Gasteiger partial charge in [-0.25, -0.2) is 14.6 Å². The molecule has 0 aliphatic rings. The Morgan fingerprint density at radius 2 is 1.78 bits per heavy atom. The van der Waals surface area contributed by atoms with Crippen molar-refractivity contribution in [2.24, 2.45) is 0 Å². The number of aromatic carboxylic acids is 1. The minimum absolute atomic E-state index is 0. The van der Waals surface area contributed by atoms with E-state index in [1.807, 2.05) is 0 Å². The Morgan fingerprint density at radius 1 is 1.00 bits per heavy atom. The van der Waals surface area contributed by atoms with Gasteiger partial charge in [0, 0.05) is 44.1 Å². The number of hydrogen-bond donors (Lipinski definition) is 1. The number of carbonyl (C=O) groups excluding carboxylic acids is 1. The van der Waals surface area contributed by atoms with Crippen molar-refractivity contribution in [3.63, 3.8) is 0 Å². The van der Waals surface area contributed by atoms with Gasteiger partial charge < -0.3 is 19.6 Å². The second kappa shape index (κ2) is 13.8. The summed E-state index contributed by atoms with van der Waals surface area (Å²) in [6.07, 6.45) is 2.93. The van der Waals surface area contributed by atoms with E-state index in [-0.39, 0.29) is 43.7 Å². The predicted octanol–water partition coefficient (Wildman–Crippen LogP) is 4.97. The molecule has 10 heteroatoms. The van der Waals surface area contributed by atoms with Gasteiger partial charge in [0.15, 0.2) is 11.4 Å². The molecule has 0 spiro atoms. The summed E-state index contributed by atoms with van der Waals surface area (Å²) in [4.78, 5) is 30.1. The smallest absolute Gasteiger partial charge is 0.358 e. The van der Waals surface area contributed by atoms with Crippen LogP contribution < -0.4 is 4.74 Å². The molecule has 0 aliphatic carbocycles. The molecule has 2 heterocycles. The van der Waals surface area contributed by atoms with E-state index >= 15 is 0 Å². The van der Waals surface area contributed by atoms with Gasteiger partial charge in [-0.3, -0.25) is 8.78 Å². The molecule has 1 N–H and O–H groups in total. The number of esters is 1. The maximum atomic E-state index is 13.2. The zero-order chi connectivity index (χ0) is 25.2. The number of methoxy groups -OCH3 is 1. The maximum Gasteiger partial charge on any atom is 0.358 e. The van der Waals surface area contributed by atoms with E-state index in [0.717, 1.165) is 17.7 Å². The molecule has 0 amide bonds. The summed E-state index contributed by atoms with van der Waals surface area (Å²) < 4.78 is 35.9. The van der Waals surface area contributed by atoms with E-state index in [0.29, 0.717) is 11.3 Å². The molecule has 0 saturated carbocycles. The van der Waals surface area contributed by atoms with Gasteiger partial charge in [0.1, 0.15) is 6.61 Å². The molecule has 36 heavy (non-hydrogen) atoms. The maximum absolute atomic E-state index is 13.2. The van der Waals surface area contributed by atoms with Crippen molar-refractivity contribution in [2.45, 2.75) is 6.61 Å². The van der Waals surface area contributed by atoms with Crippen molar-refractivity contribution in [1.82, 2.24) is 9.97 Å². The average Bonchev–Trinajstić information content (AvgIpc) is 2.88. The summed E-state index contributed by atoms with van der Waals surface area (Å²) >= 11 is 0. The summed E-state index contributed by atoms with van der Waals surface area (Å²) in [7, 11) is 1.31. The molecule has 1 radical (unpaired) electrons. The third-order valence-electron chi connectivity index (χ3n) is 4.49. The molecule has 2 aromatic carbocycles.